The van der Waals surface area contributed by atoms with Crippen molar-refractivity contribution >= 4 is 60.7 Å². The summed E-state index contributed by atoms with van der Waals surface area (Å²) in [6.45, 7) is 0.923. The van der Waals surface area contributed by atoms with Gasteiger partial charge in [-0.15, -0.1) is 0 Å². The Morgan fingerprint density at radius 1 is 0.889 bits per heavy atom. The summed E-state index contributed by atoms with van der Waals surface area (Å²) >= 11 is 19.2. The number of nitrogens with one attached hydrogen (secondary N) is 1. The Labute approximate surface area is 183 Å². The summed E-state index contributed by atoms with van der Waals surface area (Å²) in [6, 6.07) is 15.5. The first-order valence-corrected chi connectivity index (χ1v) is 10.3. The zero-order valence-corrected chi connectivity index (χ0v) is 18.6. The number of anilines is 1. The highest BCUT2D eigenvalue weighted by molar-refractivity contribution is 9.11. The Hall–Kier alpha value is -1.27. The summed E-state index contributed by atoms with van der Waals surface area (Å²) in [5.41, 5.74) is 2.73. The molecule has 0 spiro atoms. The highest BCUT2D eigenvalue weighted by atomic mass is 79.9. The van der Waals surface area contributed by atoms with Gasteiger partial charge in [0, 0.05) is 11.6 Å². The van der Waals surface area contributed by atoms with E-state index in [1.54, 1.807) is 24.3 Å². The number of halogens is 5. The molecular formula is C20H14Br2Cl2FNO. The van der Waals surface area contributed by atoms with Crippen LogP contribution >= 0.6 is 55.1 Å². The fourth-order valence-corrected chi connectivity index (χ4v) is 4.40. The quantitative estimate of drug-likeness (QED) is 0.348. The number of rotatable bonds is 6. The number of ether oxygens (including phenoxy) is 1. The molecule has 0 saturated heterocycles. The van der Waals surface area contributed by atoms with Crippen LogP contribution in [-0.2, 0) is 13.2 Å². The van der Waals surface area contributed by atoms with E-state index in [2.05, 4.69) is 37.2 Å². The predicted octanol–water partition coefficient (Wildman–Crippen LogP) is 7.85. The molecule has 0 fully saturated rings. The van der Waals surface area contributed by atoms with Crippen LogP contribution in [0.4, 0.5) is 10.1 Å². The summed E-state index contributed by atoms with van der Waals surface area (Å²) in [7, 11) is 0. The summed E-state index contributed by atoms with van der Waals surface area (Å²) in [5.74, 6) is 0.423. The molecule has 0 amide bonds. The van der Waals surface area contributed by atoms with Crippen LogP contribution in [0.15, 0.2) is 63.5 Å². The SMILES string of the molecule is Fc1ccc(COc2c(Br)cc(CNc3ccc(Cl)cc3Cl)cc2Br)cc1. The molecule has 0 aliphatic rings. The minimum atomic E-state index is -0.265. The topological polar surface area (TPSA) is 21.3 Å². The van der Waals surface area contributed by atoms with Crippen molar-refractivity contribution in [2.45, 2.75) is 13.2 Å². The van der Waals surface area contributed by atoms with Crippen LogP contribution in [0.3, 0.4) is 0 Å². The lowest BCUT2D eigenvalue weighted by Gasteiger charge is -2.14. The van der Waals surface area contributed by atoms with Crippen molar-refractivity contribution in [3.63, 3.8) is 0 Å². The van der Waals surface area contributed by atoms with Crippen LogP contribution in [-0.4, -0.2) is 0 Å². The van der Waals surface area contributed by atoms with Gasteiger partial charge in [0.2, 0.25) is 0 Å². The van der Waals surface area contributed by atoms with Crippen LogP contribution in [0.25, 0.3) is 0 Å². The Morgan fingerprint density at radius 2 is 1.56 bits per heavy atom. The average Bonchev–Trinajstić information content (AvgIpc) is 2.62. The molecular weight excluding hydrogens is 520 g/mol. The maximum Gasteiger partial charge on any atom is 0.148 e. The minimum Gasteiger partial charge on any atom is -0.487 e. The molecule has 27 heavy (non-hydrogen) atoms. The van der Waals surface area contributed by atoms with Crippen molar-refractivity contribution in [3.8, 4) is 5.75 Å². The molecule has 0 atom stereocenters. The van der Waals surface area contributed by atoms with Gasteiger partial charge in [0.1, 0.15) is 18.2 Å². The lowest BCUT2D eigenvalue weighted by atomic mass is 10.2. The van der Waals surface area contributed by atoms with Crippen LogP contribution < -0.4 is 10.1 Å². The molecule has 3 aromatic carbocycles. The predicted molar refractivity (Wildman–Crippen MR) is 116 cm³/mol. The van der Waals surface area contributed by atoms with Gasteiger partial charge in [-0.3, -0.25) is 0 Å². The van der Waals surface area contributed by atoms with Gasteiger partial charge >= 0.3 is 0 Å². The van der Waals surface area contributed by atoms with Gasteiger partial charge in [-0.05, 0) is 85.5 Å². The molecule has 140 valence electrons. The Kier molecular flexibility index (Phi) is 7.04. The molecule has 0 radical (unpaired) electrons. The van der Waals surface area contributed by atoms with E-state index in [0.717, 1.165) is 25.8 Å². The second-order valence-corrected chi connectivity index (χ2v) is 8.33. The van der Waals surface area contributed by atoms with Crippen molar-refractivity contribution in [2.24, 2.45) is 0 Å². The van der Waals surface area contributed by atoms with Gasteiger partial charge in [0.15, 0.2) is 0 Å². The van der Waals surface area contributed by atoms with E-state index >= 15 is 0 Å². The summed E-state index contributed by atoms with van der Waals surface area (Å²) in [4.78, 5) is 0. The summed E-state index contributed by atoms with van der Waals surface area (Å²) < 4.78 is 20.5. The largest absolute Gasteiger partial charge is 0.487 e. The zero-order valence-electron chi connectivity index (χ0n) is 13.9. The van der Waals surface area contributed by atoms with Gasteiger partial charge in [-0.1, -0.05) is 35.3 Å². The third-order valence-electron chi connectivity index (χ3n) is 3.77. The standard InChI is InChI=1S/C20H14Br2Cl2FNO/c21-16-7-13(10-26-19-6-3-14(23)9-18(19)24)8-17(22)20(16)27-11-12-1-4-15(25)5-2-12/h1-9,26H,10-11H2. The van der Waals surface area contributed by atoms with Crippen LogP contribution in [0.5, 0.6) is 5.75 Å². The van der Waals surface area contributed by atoms with E-state index in [0.29, 0.717) is 28.9 Å². The van der Waals surface area contributed by atoms with E-state index in [-0.39, 0.29) is 5.82 Å². The fourth-order valence-electron chi connectivity index (χ4n) is 2.42. The van der Waals surface area contributed by atoms with E-state index in [9.17, 15) is 4.39 Å². The van der Waals surface area contributed by atoms with Gasteiger partial charge < -0.3 is 10.1 Å². The first kappa shape index (κ1) is 20.5. The molecule has 0 saturated carbocycles. The molecule has 0 aromatic heterocycles. The second-order valence-electron chi connectivity index (χ2n) is 5.78. The van der Waals surface area contributed by atoms with Gasteiger partial charge in [0.25, 0.3) is 0 Å². The molecule has 3 aromatic rings. The van der Waals surface area contributed by atoms with E-state index in [1.165, 1.54) is 12.1 Å². The van der Waals surface area contributed by atoms with Crippen molar-refractivity contribution in [2.75, 3.05) is 5.32 Å². The number of benzene rings is 3. The zero-order chi connectivity index (χ0) is 19.4. The van der Waals surface area contributed by atoms with Crippen LogP contribution in [0.1, 0.15) is 11.1 Å². The molecule has 0 heterocycles. The summed E-state index contributed by atoms with van der Waals surface area (Å²) in [6.07, 6.45) is 0. The Bertz CT molecular complexity index is 928. The Morgan fingerprint density at radius 3 is 2.19 bits per heavy atom. The molecule has 1 N–H and O–H groups in total. The number of hydrogen-bond donors (Lipinski definition) is 1. The minimum absolute atomic E-state index is 0.265. The smallest absolute Gasteiger partial charge is 0.148 e. The molecule has 0 unspecified atom stereocenters. The summed E-state index contributed by atoms with van der Waals surface area (Å²) in [5, 5.41) is 4.45. The van der Waals surface area contributed by atoms with Crippen molar-refractivity contribution in [3.05, 3.63) is 90.5 Å². The first-order chi connectivity index (χ1) is 12.9. The van der Waals surface area contributed by atoms with Crippen molar-refractivity contribution in [1.82, 2.24) is 0 Å². The molecule has 0 aliphatic heterocycles. The van der Waals surface area contributed by atoms with Crippen LogP contribution in [0.2, 0.25) is 10.0 Å². The second kappa shape index (κ2) is 9.28. The molecule has 3 rings (SSSR count). The number of hydrogen-bond acceptors (Lipinski definition) is 2. The van der Waals surface area contributed by atoms with Crippen LogP contribution in [0, 0.1) is 5.82 Å². The first-order valence-electron chi connectivity index (χ1n) is 7.96. The average molecular weight is 534 g/mol. The molecule has 7 heteroatoms. The highest BCUT2D eigenvalue weighted by Crippen LogP contribution is 2.36. The third kappa shape index (κ3) is 5.61. The maximum absolute atomic E-state index is 13.0. The van der Waals surface area contributed by atoms with Crippen molar-refractivity contribution in [1.29, 1.82) is 0 Å². The van der Waals surface area contributed by atoms with E-state index in [4.69, 9.17) is 27.9 Å². The van der Waals surface area contributed by atoms with Gasteiger partial charge in [-0.25, -0.2) is 4.39 Å². The molecule has 0 bridgehead atoms. The monoisotopic (exact) mass is 531 g/mol. The van der Waals surface area contributed by atoms with Gasteiger partial charge in [-0.2, -0.15) is 0 Å². The van der Waals surface area contributed by atoms with E-state index in [1.807, 2.05) is 18.2 Å². The maximum atomic E-state index is 13.0. The normalized spacial score (nSPS) is 10.7. The van der Waals surface area contributed by atoms with E-state index < -0.39 is 0 Å². The lowest BCUT2D eigenvalue weighted by molar-refractivity contribution is 0.302. The lowest BCUT2D eigenvalue weighted by Crippen LogP contribution is -2.02. The van der Waals surface area contributed by atoms with Gasteiger partial charge in [0.05, 0.1) is 19.7 Å². The third-order valence-corrected chi connectivity index (χ3v) is 5.49. The molecule has 0 aliphatic carbocycles. The Balaban J connectivity index is 1.67. The van der Waals surface area contributed by atoms with Crippen molar-refractivity contribution < 1.29 is 9.13 Å². The highest BCUT2D eigenvalue weighted by Gasteiger charge is 2.10. The molecule has 2 nitrogen and oxygen atoms in total. The fraction of sp³-hybridized carbons (Fsp3) is 0.100.